The van der Waals surface area contributed by atoms with Gasteiger partial charge in [-0.25, -0.2) is 0 Å². The third-order valence-corrected chi connectivity index (χ3v) is 4.63. The highest BCUT2D eigenvalue weighted by Crippen LogP contribution is 2.29. The molecule has 0 unspecified atom stereocenters. The zero-order chi connectivity index (χ0) is 16.3. The van der Waals surface area contributed by atoms with Crippen molar-refractivity contribution in [1.29, 1.82) is 0 Å². The van der Waals surface area contributed by atoms with Crippen molar-refractivity contribution < 1.29 is 9.90 Å². The number of pyridine rings is 1. The summed E-state index contributed by atoms with van der Waals surface area (Å²) in [6, 6.07) is 11.4. The van der Waals surface area contributed by atoms with E-state index >= 15 is 0 Å². The number of rotatable bonds is 4. The van der Waals surface area contributed by atoms with Crippen molar-refractivity contribution in [2.24, 2.45) is 0 Å². The normalized spacial score (nSPS) is 16.3. The Hall–Kier alpha value is -2.20. The predicted octanol–water partition coefficient (Wildman–Crippen LogP) is 3.09. The van der Waals surface area contributed by atoms with Crippen LogP contribution >= 0.6 is 0 Å². The van der Waals surface area contributed by atoms with Crippen LogP contribution in [-0.2, 0) is 0 Å². The lowest BCUT2D eigenvalue weighted by Gasteiger charge is -2.22. The molecule has 4 nitrogen and oxygen atoms in total. The van der Waals surface area contributed by atoms with E-state index in [9.17, 15) is 9.90 Å². The Morgan fingerprint density at radius 2 is 2.00 bits per heavy atom. The molecule has 1 aromatic carbocycles. The minimum absolute atomic E-state index is 0.138. The van der Waals surface area contributed by atoms with Gasteiger partial charge >= 0.3 is 0 Å². The van der Waals surface area contributed by atoms with E-state index in [1.807, 2.05) is 43.3 Å². The fourth-order valence-corrected chi connectivity index (χ4v) is 3.23. The van der Waals surface area contributed by atoms with E-state index in [0.29, 0.717) is 12.1 Å². The molecule has 1 heterocycles. The zero-order valence-corrected chi connectivity index (χ0v) is 13.4. The molecule has 1 aromatic heterocycles. The zero-order valence-electron chi connectivity index (χ0n) is 13.4. The van der Waals surface area contributed by atoms with Crippen LogP contribution < -0.4 is 5.32 Å². The number of aromatic nitrogens is 1. The van der Waals surface area contributed by atoms with Crippen LogP contribution in [0, 0.1) is 6.92 Å². The Morgan fingerprint density at radius 3 is 2.70 bits per heavy atom. The monoisotopic (exact) mass is 310 g/mol. The molecule has 3 rings (SSSR count). The van der Waals surface area contributed by atoms with Gasteiger partial charge in [-0.05, 0) is 43.5 Å². The van der Waals surface area contributed by atoms with Crippen molar-refractivity contribution in [3.63, 3.8) is 0 Å². The second-order valence-corrected chi connectivity index (χ2v) is 6.31. The van der Waals surface area contributed by atoms with Gasteiger partial charge < -0.3 is 10.4 Å². The van der Waals surface area contributed by atoms with Gasteiger partial charge in [0.15, 0.2) is 0 Å². The topological polar surface area (TPSA) is 62.2 Å². The molecular formula is C19H22N2O2. The van der Waals surface area contributed by atoms with E-state index in [1.165, 1.54) is 0 Å². The highest BCUT2D eigenvalue weighted by atomic mass is 16.3. The summed E-state index contributed by atoms with van der Waals surface area (Å²) in [6.45, 7) is 2.25. The first kappa shape index (κ1) is 15.7. The average molecular weight is 310 g/mol. The molecule has 23 heavy (non-hydrogen) atoms. The van der Waals surface area contributed by atoms with Gasteiger partial charge in [0.1, 0.15) is 0 Å². The number of carbonyl (C=O) groups excluding carboxylic acids is 1. The van der Waals surface area contributed by atoms with E-state index in [0.717, 1.165) is 42.5 Å². The number of nitrogens with zero attached hydrogens (tertiary/aromatic N) is 1. The average Bonchev–Trinajstić information content (AvgIpc) is 3.01. The second kappa shape index (κ2) is 6.50. The molecule has 2 aromatic rings. The van der Waals surface area contributed by atoms with Crippen LogP contribution in [0.2, 0.25) is 0 Å². The molecule has 0 saturated heterocycles. The highest BCUT2D eigenvalue weighted by molar-refractivity contribution is 5.97. The molecule has 1 fully saturated rings. The molecule has 0 radical (unpaired) electrons. The van der Waals surface area contributed by atoms with Gasteiger partial charge in [-0.2, -0.15) is 0 Å². The van der Waals surface area contributed by atoms with E-state index in [2.05, 4.69) is 10.3 Å². The Labute approximate surface area is 136 Å². The standard InChI is InChI=1S/C19H22N2O2/c1-14-15(17-9-2-5-12-20-17)7-6-8-16(14)18(22)21-13-19(23)10-3-4-11-19/h2,5-9,12,23H,3-4,10-11,13H2,1H3,(H,21,22). The smallest absolute Gasteiger partial charge is 0.251 e. The third-order valence-electron chi connectivity index (χ3n) is 4.63. The van der Waals surface area contributed by atoms with Crippen molar-refractivity contribution in [3.05, 3.63) is 53.7 Å². The van der Waals surface area contributed by atoms with E-state index in [4.69, 9.17) is 0 Å². The number of hydrogen-bond acceptors (Lipinski definition) is 3. The summed E-state index contributed by atoms with van der Waals surface area (Å²) < 4.78 is 0. The fraction of sp³-hybridized carbons (Fsp3) is 0.368. The highest BCUT2D eigenvalue weighted by Gasteiger charge is 2.31. The first-order chi connectivity index (χ1) is 11.1. The minimum atomic E-state index is -0.734. The number of carbonyl (C=O) groups is 1. The van der Waals surface area contributed by atoms with Crippen LogP contribution in [0.15, 0.2) is 42.6 Å². The molecule has 1 aliphatic rings. The first-order valence-electron chi connectivity index (χ1n) is 8.11. The molecular weight excluding hydrogens is 288 g/mol. The fourth-order valence-electron chi connectivity index (χ4n) is 3.23. The molecule has 2 N–H and O–H groups in total. The molecule has 1 amide bonds. The number of hydrogen-bond donors (Lipinski definition) is 2. The lowest BCUT2D eigenvalue weighted by Crippen LogP contribution is -2.40. The molecule has 0 atom stereocenters. The van der Waals surface area contributed by atoms with Crippen LogP contribution in [0.5, 0.6) is 0 Å². The Bertz CT molecular complexity index is 692. The van der Waals surface area contributed by atoms with Gasteiger partial charge in [0.05, 0.1) is 11.3 Å². The van der Waals surface area contributed by atoms with Gasteiger partial charge in [-0.1, -0.05) is 31.0 Å². The molecule has 1 aliphatic carbocycles. The lowest BCUT2D eigenvalue weighted by atomic mass is 9.98. The predicted molar refractivity (Wildman–Crippen MR) is 90.2 cm³/mol. The van der Waals surface area contributed by atoms with Gasteiger partial charge in [-0.15, -0.1) is 0 Å². The van der Waals surface area contributed by atoms with Crippen LogP contribution in [0.4, 0.5) is 0 Å². The molecule has 120 valence electrons. The SMILES string of the molecule is Cc1c(C(=O)NCC2(O)CCCC2)cccc1-c1ccccn1. The molecule has 1 saturated carbocycles. The summed E-state index contributed by atoms with van der Waals surface area (Å²) in [5.41, 5.74) is 2.62. The maximum Gasteiger partial charge on any atom is 0.251 e. The maximum atomic E-state index is 12.5. The van der Waals surface area contributed by atoms with Crippen molar-refractivity contribution in [1.82, 2.24) is 10.3 Å². The van der Waals surface area contributed by atoms with Crippen molar-refractivity contribution in [2.45, 2.75) is 38.2 Å². The van der Waals surface area contributed by atoms with Gasteiger partial charge in [0.25, 0.3) is 5.91 Å². The molecule has 0 spiro atoms. The summed E-state index contributed by atoms with van der Waals surface area (Å²) in [7, 11) is 0. The second-order valence-electron chi connectivity index (χ2n) is 6.31. The van der Waals surface area contributed by atoms with Crippen molar-refractivity contribution >= 4 is 5.91 Å². The van der Waals surface area contributed by atoms with Crippen LogP contribution in [0.3, 0.4) is 0 Å². The largest absolute Gasteiger partial charge is 0.388 e. The van der Waals surface area contributed by atoms with E-state index in [-0.39, 0.29) is 5.91 Å². The summed E-state index contributed by atoms with van der Waals surface area (Å²) in [4.78, 5) is 16.9. The number of aliphatic hydroxyl groups is 1. The van der Waals surface area contributed by atoms with E-state index in [1.54, 1.807) is 6.20 Å². The minimum Gasteiger partial charge on any atom is -0.388 e. The summed E-state index contributed by atoms with van der Waals surface area (Å²) >= 11 is 0. The van der Waals surface area contributed by atoms with Gasteiger partial charge in [-0.3, -0.25) is 9.78 Å². The Balaban J connectivity index is 1.79. The lowest BCUT2D eigenvalue weighted by molar-refractivity contribution is 0.0449. The number of nitrogens with one attached hydrogen (secondary N) is 1. The number of benzene rings is 1. The van der Waals surface area contributed by atoms with Gasteiger partial charge in [0, 0.05) is 23.9 Å². The molecule has 0 bridgehead atoms. The Morgan fingerprint density at radius 1 is 1.22 bits per heavy atom. The van der Waals surface area contributed by atoms with Crippen LogP contribution in [0.1, 0.15) is 41.6 Å². The third kappa shape index (κ3) is 3.42. The molecule has 4 heteroatoms. The Kier molecular flexibility index (Phi) is 4.44. The molecule has 0 aliphatic heterocycles. The van der Waals surface area contributed by atoms with Crippen LogP contribution in [-0.4, -0.2) is 28.1 Å². The van der Waals surface area contributed by atoms with Crippen LogP contribution in [0.25, 0.3) is 11.3 Å². The van der Waals surface area contributed by atoms with E-state index < -0.39 is 5.60 Å². The summed E-state index contributed by atoms with van der Waals surface area (Å²) in [5.74, 6) is -0.138. The van der Waals surface area contributed by atoms with Crippen molar-refractivity contribution in [3.8, 4) is 11.3 Å². The van der Waals surface area contributed by atoms with Crippen molar-refractivity contribution in [2.75, 3.05) is 6.54 Å². The summed E-state index contributed by atoms with van der Waals surface area (Å²) in [6.07, 6.45) is 5.33. The van der Waals surface area contributed by atoms with Gasteiger partial charge in [0.2, 0.25) is 0 Å². The first-order valence-corrected chi connectivity index (χ1v) is 8.11. The number of amides is 1. The quantitative estimate of drug-likeness (QED) is 0.912. The summed E-state index contributed by atoms with van der Waals surface area (Å²) in [5, 5.41) is 13.3. The maximum absolute atomic E-state index is 12.5.